The topological polar surface area (TPSA) is 84.2 Å². The Morgan fingerprint density at radius 2 is 2.12 bits per heavy atom. The molecule has 24 heavy (non-hydrogen) atoms. The van der Waals surface area contributed by atoms with E-state index in [4.69, 9.17) is 5.11 Å². The lowest BCUT2D eigenvalue weighted by atomic mass is 10.0. The predicted octanol–water partition coefficient (Wildman–Crippen LogP) is 2.89. The highest BCUT2D eigenvalue weighted by molar-refractivity contribution is 5.87. The van der Waals surface area contributed by atoms with Crippen molar-refractivity contribution in [3.05, 3.63) is 64.2 Å². The number of halogens is 1. The summed E-state index contributed by atoms with van der Waals surface area (Å²) in [5, 5.41) is 12.1. The van der Waals surface area contributed by atoms with Gasteiger partial charge in [0.1, 0.15) is 17.2 Å². The van der Waals surface area contributed by atoms with Gasteiger partial charge in [0.25, 0.3) is 5.56 Å². The molecule has 1 aliphatic rings. The Bertz CT molecular complexity index is 872. The average Bonchev–Trinajstić information content (AvgIpc) is 2.55. The minimum atomic E-state index is -1.28. The fourth-order valence-corrected chi connectivity index (χ4v) is 2.72. The Kier molecular flexibility index (Phi) is 4.16. The number of carbonyl (C=O) groups is 1. The minimum Gasteiger partial charge on any atom is -0.477 e. The molecular weight excluding hydrogens is 313 g/mol. The highest BCUT2D eigenvalue weighted by atomic mass is 19.1. The Morgan fingerprint density at radius 3 is 2.79 bits per heavy atom. The third kappa shape index (κ3) is 2.92. The lowest BCUT2D eigenvalue weighted by Gasteiger charge is -2.26. The smallest absolute Gasteiger partial charge is 0.342 e. The molecule has 0 radical (unpaired) electrons. The molecule has 2 N–H and O–H groups in total. The second-order valence-electron chi connectivity index (χ2n) is 5.68. The van der Waals surface area contributed by atoms with Crippen molar-refractivity contribution in [1.29, 1.82) is 0 Å². The molecule has 7 heteroatoms. The van der Waals surface area contributed by atoms with Crippen molar-refractivity contribution in [3.8, 4) is 0 Å². The van der Waals surface area contributed by atoms with E-state index in [2.05, 4.69) is 10.3 Å². The SMILES string of the molecule is CC1CCC(=CNc2ccc(F)cc2)c2ncc(C(=O)O)c(=O)n21. The van der Waals surface area contributed by atoms with Crippen molar-refractivity contribution in [2.75, 3.05) is 5.32 Å². The van der Waals surface area contributed by atoms with E-state index < -0.39 is 11.5 Å². The van der Waals surface area contributed by atoms with Gasteiger partial charge in [-0.2, -0.15) is 0 Å². The van der Waals surface area contributed by atoms with Crippen LogP contribution in [0.15, 0.2) is 41.5 Å². The first-order chi connectivity index (χ1) is 11.5. The van der Waals surface area contributed by atoms with Crippen LogP contribution in [0.1, 0.15) is 42.0 Å². The Morgan fingerprint density at radius 1 is 1.42 bits per heavy atom. The summed E-state index contributed by atoms with van der Waals surface area (Å²) in [6.45, 7) is 1.86. The molecular formula is C17H16FN3O3. The van der Waals surface area contributed by atoms with E-state index in [1.165, 1.54) is 16.7 Å². The summed E-state index contributed by atoms with van der Waals surface area (Å²) in [4.78, 5) is 27.7. The summed E-state index contributed by atoms with van der Waals surface area (Å²) in [6, 6.07) is 5.78. The molecule has 0 aliphatic carbocycles. The van der Waals surface area contributed by atoms with Crippen LogP contribution >= 0.6 is 0 Å². The molecule has 1 aromatic carbocycles. The molecule has 1 aliphatic heterocycles. The van der Waals surface area contributed by atoms with Crippen LogP contribution in [0.25, 0.3) is 5.57 Å². The van der Waals surface area contributed by atoms with Gasteiger partial charge in [0.05, 0.1) is 0 Å². The summed E-state index contributed by atoms with van der Waals surface area (Å²) < 4.78 is 14.4. The Balaban J connectivity index is 1.98. The van der Waals surface area contributed by atoms with Crippen LogP contribution < -0.4 is 10.9 Å². The number of carboxylic acid groups (broad SMARTS) is 1. The number of carboxylic acids is 1. The van der Waals surface area contributed by atoms with Gasteiger partial charge in [-0.15, -0.1) is 0 Å². The quantitative estimate of drug-likeness (QED) is 0.904. The third-order valence-electron chi connectivity index (χ3n) is 4.04. The summed E-state index contributed by atoms with van der Waals surface area (Å²) in [7, 11) is 0. The van der Waals surface area contributed by atoms with Crippen molar-refractivity contribution in [2.45, 2.75) is 25.8 Å². The van der Waals surface area contributed by atoms with Crippen molar-refractivity contribution in [2.24, 2.45) is 0 Å². The van der Waals surface area contributed by atoms with Crippen LogP contribution in [0.3, 0.4) is 0 Å². The first-order valence-corrected chi connectivity index (χ1v) is 7.53. The molecule has 0 amide bonds. The highest BCUT2D eigenvalue weighted by Crippen LogP contribution is 2.29. The molecule has 1 unspecified atom stereocenters. The van der Waals surface area contributed by atoms with E-state index >= 15 is 0 Å². The first-order valence-electron chi connectivity index (χ1n) is 7.53. The first kappa shape index (κ1) is 15.9. The fourth-order valence-electron chi connectivity index (χ4n) is 2.72. The maximum Gasteiger partial charge on any atom is 0.342 e. The van der Waals surface area contributed by atoms with Gasteiger partial charge in [0.2, 0.25) is 0 Å². The monoisotopic (exact) mass is 329 g/mol. The second-order valence-corrected chi connectivity index (χ2v) is 5.68. The van der Waals surface area contributed by atoms with Crippen LogP contribution in [-0.2, 0) is 0 Å². The molecule has 0 saturated carbocycles. The van der Waals surface area contributed by atoms with E-state index in [1.807, 2.05) is 6.92 Å². The van der Waals surface area contributed by atoms with Gasteiger partial charge in [-0.1, -0.05) is 0 Å². The largest absolute Gasteiger partial charge is 0.477 e. The van der Waals surface area contributed by atoms with Gasteiger partial charge in [0.15, 0.2) is 0 Å². The number of allylic oxidation sites excluding steroid dienone is 1. The molecule has 0 fully saturated rings. The maximum atomic E-state index is 12.9. The second kappa shape index (κ2) is 6.27. The summed E-state index contributed by atoms with van der Waals surface area (Å²) in [6.07, 6.45) is 4.22. The molecule has 0 bridgehead atoms. The molecule has 3 rings (SSSR count). The lowest BCUT2D eigenvalue weighted by molar-refractivity contribution is 0.0693. The standard InChI is InChI=1S/C17H16FN3O3/c1-10-2-3-11(8-19-13-6-4-12(18)5-7-13)15-20-9-14(17(23)24)16(22)21(10)15/h4-10,19H,2-3H2,1H3,(H,23,24). The van der Waals surface area contributed by atoms with Gasteiger partial charge in [-0.25, -0.2) is 14.2 Å². The zero-order valence-corrected chi connectivity index (χ0v) is 13.0. The van der Waals surface area contributed by atoms with Gasteiger partial charge in [-0.05, 0) is 44.0 Å². The molecule has 0 spiro atoms. The minimum absolute atomic E-state index is 0.123. The predicted molar refractivity (Wildman–Crippen MR) is 87.4 cm³/mol. The number of hydrogen-bond donors (Lipinski definition) is 2. The van der Waals surface area contributed by atoms with E-state index in [1.54, 1.807) is 18.3 Å². The van der Waals surface area contributed by atoms with E-state index in [-0.39, 0.29) is 17.4 Å². The van der Waals surface area contributed by atoms with Gasteiger partial charge in [-0.3, -0.25) is 9.36 Å². The third-order valence-corrected chi connectivity index (χ3v) is 4.04. The average molecular weight is 329 g/mol. The van der Waals surface area contributed by atoms with Crippen LogP contribution in [0.2, 0.25) is 0 Å². The molecule has 1 aromatic heterocycles. The molecule has 1 atom stereocenters. The van der Waals surface area contributed by atoms with Gasteiger partial charge >= 0.3 is 5.97 Å². The summed E-state index contributed by atoms with van der Waals surface area (Å²) in [5.41, 5.74) is 0.621. The van der Waals surface area contributed by atoms with E-state index in [0.717, 1.165) is 11.8 Å². The van der Waals surface area contributed by atoms with Crippen LogP contribution in [0, 0.1) is 5.82 Å². The van der Waals surface area contributed by atoms with Crippen molar-refractivity contribution in [3.63, 3.8) is 0 Å². The molecule has 0 saturated heterocycles. The zero-order valence-electron chi connectivity index (χ0n) is 13.0. The van der Waals surface area contributed by atoms with Gasteiger partial charge in [0, 0.05) is 29.7 Å². The number of fused-ring (bicyclic) bond motifs is 1. The normalized spacial score (nSPS) is 18.2. The fraction of sp³-hybridized carbons (Fsp3) is 0.235. The number of aromatic nitrogens is 2. The number of anilines is 1. The van der Waals surface area contributed by atoms with Crippen molar-refractivity contribution >= 4 is 17.2 Å². The van der Waals surface area contributed by atoms with E-state index in [9.17, 15) is 14.0 Å². The Hall–Kier alpha value is -2.96. The highest BCUT2D eigenvalue weighted by Gasteiger charge is 2.25. The number of nitrogens with zero attached hydrogens (tertiary/aromatic N) is 2. The lowest BCUT2D eigenvalue weighted by Crippen LogP contribution is -2.34. The zero-order chi connectivity index (χ0) is 17.3. The number of nitrogens with one attached hydrogen (secondary N) is 1. The maximum absolute atomic E-state index is 12.9. The van der Waals surface area contributed by atoms with E-state index in [0.29, 0.717) is 24.4 Å². The van der Waals surface area contributed by atoms with Crippen LogP contribution in [0.5, 0.6) is 0 Å². The molecule has 6 nitrogen and oxygen atoms in total. The van der Waals surface area contributed by atoms with Crippen LogP contribution in [-0.4, -0.2) is 20.6 Å². The van der Waals surface area contributed by atoms with Crippen LogP contribution in [0.4, 0.5) is 10.1 Å². The molecule has 124 valence electrons. The molecule has 2 heterocycles. The van der Waals surface area contributed by atoms with Gasteiger partial charge < -0.3 is 10.4 Å². The number of hydrogen-bond acceptors (Lipinski definition) is 4. The van der Waals surface area contributed by atoms with Crippen molar-refractivity contribution in [1.82, 2.24) is 9.55 Å². The number of aromatic carboxylic acids is 1. The number of benzene rings is 1. The van der Waals surface area contributed by atoms with Crippen molar-refractivity contribution < 1.29 is 14.3 Å². The number of rotatable bonds is 3. The molecule has 2 aromatic rings. The Labute approximate surface area is 137 Å². The summed E-state index contributed by atoms with van der Waals surface area (Å²) >= 11 is 0. The summed E-state index contributed by atoms with van der Waals surface area (Å²) in [5.74, 6) is -1.15.